The number of nitrogens with one attached hydrogen (secondary N) is 1. The van der Waals surface area contributed by atoms with Gasteiger partial charge in [-0.25, -0.2) is 18.0 Å². The number of aliphatic carboxylic acids is 1. The minimum Gasteiger partial charge on any atom is -0.479 e. The Hall–Kier alpha value is -3.33. The van der Waals surface area contributed by atoms with Crippen LogP contribution < -0.4 is 0 Å². The highest BCUT2D eigenvalue weighted by Crippen LogP contribution is 2.48. The Labute approximate surface area is 206 Å². The van der Waals surface area contributed by atoms with Gasteiger partial charge in [0.2, 0.25) is 5.67 Å². The quantitative estimate of drug-likeness (QED) is 0.333. The lowest BCUT2D eigenvalue weighted by molar-refractivity contribution is -0.153. The summed E-state index contributed by atoms with van der Waals surface area (Å²) in [6, 6.07) is 7.73. The molecule has 0 unspecified atom stereocenters. The number of carbonyl (C=O) groups is 1. The molecule has 0 radical (unpaired) electrons. The lowest BCUT2D eigenvalue weighted by Crippen LogP contribution is -2.38. The molecule has 1 saturated carbocycles. The van der Waals surface area contributed by atoms with Crippen molar-refractivity contribution in [2.75, 3.05) is 13.7 Å². The van der Waals surface area contributed by atoms with Crippen LogP contribution in [0.5, 0.6) is 0 Å². The lowest BCUT2D eigenvalue weighted by atomic mass is 9.73. The molecule has 0 saturated heterocycles. The number of aromatic amines is 1. The van der Waals surface area contributed by atoms with E-state index in [0.717, 1.165) is 39.1 Å². The Morgan fingerprint density at radius 1 is 1.22 bits per heavy atom. The number of aromatic nitrogens is 3. The second-order valence-corrected chi connectivity index (χ2v) is 10.4. The van der Waals surface area contributed by atoms with Crippen molar-refractivity contribution < 1.29 is 27.8 Å². The Morgan fingerprint density at radius 3 is 2.58 bits per heavy atom. The molecule has 5 rings (SSSR count). The van der Waals surface area contributed by atoms with Gasteiger partial charge in [-0.1, -0.05) is 13.8 Å². The van der Waals surface area contributed by atoms with Crippen LogP contribution in [-0.2, 0) is 14.9 Å². The summed E-state index contributed by atoms with van der Waals surface area (Å²) in [5.41, 5.74) is 1.01. The van der Waals surface area contributed by atoms with Crippen molar-refractivity contribution in [2.45, 2.75) is 56.5 Å². The molecule has 4 aromatic rings. The fourth-order valence-corrected chi connectivity index (χ4v) is 5.73. The Kier molecular flexibility index (Phi) is 5.86. The molecule has 0 amide bonds. The van der Waals surface area contributed by atoms with Crippen molar-refractivity contribution in [2.24, 2.45) is 0 Å². The fraction of sp³-hybridized carbons (Fsp3) is 0.407. The van der Waals surface area contributed by atoms with Crippen LogP contribution in [-0.4, -0.2) is 45.2 Å². The highest BCUT2D eigenvalue weighted by molar-refractivity contribution is 5.99. The summed E-state index contributed by atoms with van der Waals surface area (Å²) in [4.78, 5) is 11.5. The second-order valence-electron chi connectivity index (χ2n) is 10.4. The van der Waals surface area contributed by atoms with Gasteiger partial charge in [-0.15, -0.1) is 0 Å². The number of hydrogen-bond acceptors (Lipinski definition) is 3. The van der Waals surface area contributed by atoms with E-state index in [4.69, 9.17) is 4.74 Å². The van der Waals surface area contributed by atoms with E-state index < -0.39 is 28.7 Å². The molecule has 2 N–H and O–H groups in total. The molecule has 36 heavy (non-hydrogen) atoms. The third kappa shape index (κ3) is 3.86. The van der Waals surface area contributed by atoms with E-state index in [0.29, 0.717) is 25.1 Å². The summed E-state index contributed by atoms with van der Waals surface area (Å²) in [5, 5.41) is 18.3. The molecular formula is C27H28F3N3O3. The van der Waals surface area contributed by atoms with Gasteiger partial charge in [0.25, 0.3) is 0 Å². The van der Waals surface area contributed by atoms with E-state index in [-0.39, 0.29) is 18.8 Å². The van der Waals surface area contributed by atoms with Crippen LogP contribution in [0.4, 0.5) is 13.2 Å². The van der Waals surface area contributed by atoms with E-state index in [1.165, 1.54) is 12.1 Å². The van der Waals surface area contributed by atoms with E-state index in [2.05, 4.69) is 10.2 Å². The molecule has 6 nitrogen and oxygen atoms in total. The maximum absolute atomic E-state index is 15.0. The number of fused-ring (bicyclic) bond motifs is 2. The first kappa shape index (κ1) is 24.4. The van der Waals surface area contributed by atoms with Gasteiger partial charge in [0.05, 0.1) is 23.8 Å². The highest BCUT2D eigenvalue weighted by atomic mass is 19.2. The van der Waals surface area contributed by atoms with Gasteiger partial charge >= 0.3 is 5.97 Å². The first-order chi connectivity index (χ1) is 17.1. The molecule has 0 atom stereocenters. The number of benzene rings is 2. The van der Waals surface area contributed by atoms with Crippen molar-refractivity contribution in [1.82, 2.24) is 14.8 Å². The van der Waals surface area contributed by atoms with E-state index in [1.54, 1.807) is 13.3 Å². The number of carboxylic acid groups (broad SMARTS) is 1. The summed E-state index contributed by atoms with van der Waals surface area (Å²) in [6.07, 6.45) is 2.19. The topological polar surface area (TPSA) is 80.1 Å². The van der Waals surface area contributed by atoms with Crippen LogP contribution >= 0.6 is 0 Å². The maximum Gasteiger partial charge on any atom is 0.341 e. The Bertz CT molecular complexity index is 1470. The van der Waals surface area contributed by atoms with E-state index in [1.807, 2.05) is 30.5 Å². The summed E-state index contributed by atoms with van der Waals surface area (Å²) < 4.78 is 50.8. The summed E-state index contributed by atoms with van der Waals surface area (Å²) >= 11 is 0. The molecule has 0 aliphatic heterocycles. The van der Waals surface area contributed by atoms with Crippen LogP contribution in [0, 0.1) is 11.6 Å². The number of halogens is 3. The number of alkyl halides is 1. The number of nitrogens with zero attached hydrogens (tertiary/aromatic N) is 2. The molecule has 2 aromatic heterocycles. The van der Waals surface area contributed by atoms with Crippen molar-refractivity contribution >= 4 is 27.8 Å². The van der Waals surface area contributed by atoms with Crippen LogP contribution in [0.15, 0.2) is 36.5 Å². The molecule has 9 heteroatoms. The Morgan fingerprint density at radius 2 is 1.94 bits per heavy atom. The van der Waals surface area contributed by atoms with Gasteiger partial charge < -0.3 is 14.4 Å². The van der Waals surface area contributed by atoms with Gasteiger partial charge in [-0.05, 0) is 61.4 Å². The number of ether oxygens (including phenoxy) is 1. The van der Waals surface area contributed by atoms with Crippen molar-refractivity contribution in [3.05, 3.63) is 59.4 Å². The zero-order chi connectivity index (χ0) is 25.8. The third-order valence-corrected chi connectivity index (χ3v) is 7.44. The zero-order valence-corrected chi connectivity index (χ0v) is 20.4. The van der Waals surface area contributed by atoms with Crippen molar-refractivity contribution in [3.8, 4) is 5.69 Å². The van der Waals surface area contributed by atoms with Crippen molar-refractivity contribution in [1.29, 1.82) is 0 Å². The first-order valence-electron chi connectivity index (χ1n) is 11.9. The number of H-pyrrole nitrogens is 1. The van der Waals surface area contributed by atoms with Crippen LogP contribution in [0.1, 0.15) is 56.7 Å². The van der Waals surface area contributed by atoms with Gasteiger partial charge in [0, 0.05) is 40.7 Å². The molecular weight excluding hydrogens is 471 g/mol. The molecule has 0 bridgehead atoms. The predicted molar refractivity (Wildman–Crippen MR) is 130 cm³/mol. The van der Waals surface area contributed by atoms with Gasteiger partial charge in [0.15, 0.2) is 11.6 Å². The van der Waals surface area contributed by atoms with Crippen molar-refractivity contribution in [3.63, 3.8) is 0 Å². The van der Waals surface area contributed by atoms with Crippen LogP contribution in [0.3, 0.4) is 0 Å². The van der Waals surface area contributed by atoms with Crippen LogP contribution in [0.25, 0.3) is 27.5 Å². The molecule has 2 heterocycles. The van der Waals surface area contributed by atoms with E-state index in [9.17, 15) is 23.1 Å². The molecule has 2 aromatic carbocycles. The molecule has 0 spiro atoms. The standard InChI is InChI=1S/C27H28F3N3O3/c1-26(2,14-36-3)24-23(15-6-8-27(30,9-7-15)25(34)35)18-12-21-16(13-31-32-21)10-22(18)33(24)17-4-5-19(28)20(29)11-17/h4-5,10-13,15H,6-9,14H2,1-3H3,(H,31,32)(H,34,35). The third-order valence-electron chi connectivity index (χ3n) is 7.44. The Balaban J connectivity index is 1.82. The number of carboxylic acids is 1. The minimum atomic E-state index is -2.24. The predicted octanol–water partition coefficient (Wildman–Crippen LogP) is 6.16. The highest BCUT2D eigenvalue weighted by Gasteiger charge is 2.44. The first-order valence-corrected chi connectivity index (χ1v) is 11.9. The maximum atomic E-state index is 15.0. The van der Waals surface area contributed by atoms with Gasteiger partial charge in [0.1, 0.15) is 0 Å². The normalized spacial score (nSPS) is 20.9. The molecule has 190 valence electrons. The smallest absolute Gasteiger partial charge is 0.341 e. The lowest BCUT2D eigenvalue weighted by Gasteiger charge is -2.34. The largest absolute Gasteiger partial charge is 0.479 e. The zero-order valence-electron chi connectivity index (χ0n) is 20.4. The number of methoxy groups -OCH3 is 1. The summed E-state index contributed by atoms with van der Waals surface area (Å²) in [5.74, 6) is -3.46. The van der Waals surface area contributed by atoms with Gasteiger partial charge in [-0.2, -0.15) is 5.10 Å². The number of hydrogen-bond donors (Lipinski definition) is 2. The average molecular weight is 500 g/mol. The minimum absolute atomic E-state index is 0.0959. The van der Waals surface area contributed by atoms with Gasteiger partial charge in [-0.3, -0.25) is 5.10 Å². The summed E-state index contributed by atoms with van der Waals surface area (Å²) in [7, 11) is 1.60. The molecule has 1 aliphatic rings. The SMILES string of the molecule is COCC(C)(C)c1c(C2CCC(F)(C(=O)O)CC2)c2cc3[nH]ncc3cc2n1-c1ccc(F)c(F)c1. The number of rotatable bonds is 6. The molecule has 1 fully saturated rings. The van der Waals surface area contributed by atoms with E-state index >= 15 is 0 Å². The fourth-order valence-electron chi connectivity index (χ4n) is 5.73. The summed E-state index contributed by atoms with van der Waals surface area (Å²) in [6.45, 7) is 4.36. The average Bonchev–Trinajstić information content (AvgIpc) is 3.42. The second kappa shape index (κ2) is 8.65. The molecule has 1 aliphatic carbocycles. The van der Waals surface area contributed by atoms with Crippen LogP contribution in [0.2, 0.25) is 0 Å². The monoisotopic (exact) mass is 499 g/mol.